The zero-order valence-electron chi connectivity index (χ0n) is 16.1. The van der Waals surface area contributed by atoms with E-state index in [1.165, 1.54) is 0 Å². The minimum atomic E-state index is 0.571. The second kappa shape index (κ2) is 17.5. The average Bonchev–Trinajstić information content (AvgIpc) is 2.57. The van der Waals surface area contributed by atoms with Crippen molar-refractivity contribution in [1.82, 2.24) is 0 Å². The summed E-state index contributed by atoms with van der Waals surface area (Å²) in [4.78, 5) is 0. The Hall–Kier alpha value is -0.280. The van der Waals surface area contributed by atoms with Crippen molar-refractivity contribution in [1.29, 1.82) is 0 Å². The van der Waals surface area contributed by atoms with Crippen LogP contribution in [0.3, 0.4) is 0 Å². The van der Waals surface area contributed by atoms with Gasteiger partial charge in [0.25, 0.3) is 0 Å². The Bertz CT molecular complexity index is 253. The molecule has 146 valence electrons. The first kappa shape index (κ1) is 23.7. The summed E-state index contributed by atoms with van der Waals surface area (Å²) in [7, 11) is 6.06. The number of quaternary nitrogens is 1. The highest BCUT2D eigenvalue weighted by molar-refractivity contribution is 4.37. The van der Waals surface area contributed by atoms with Crippen LogP contribution in [0.25, 0.3) is 0 Å². The van der Waals surface area contributed by atoms with E-state index >= 15 is 0 Å². The van der Waals surface area contributed by atoms with Gasteiger partial charge in [0.1, 0.15) is 6.54 Å². The summed E-state index contributed by atoms with van der Waals surface area (Å²) in [5, 5.41) is 0. The first-order valence-corrected chi connectivity index (χ1v) is 8.82. The van der Waals surface area contributed by atoms with Crippen molar-refractivity contribution in [3.05, 3.63) is 0 Å². The molecule has 0 aliphatic heterocycles. The molecule has 0 amide bonds. The molecule has 0 aromatic carbocycles. The van der Waals surface area contributed by atoms with Gasteiger partial charge in [-0.05, 0) is 6.92 Å². The highest BCUT2D eigenvalue weighted by Crippen LogP contribution is 1.94. The molecule has 0 aliphatic carbocycles. The molecule has 7 heteroatoms. The van der Waals surface area contributed by atoms with Gasteiger partial charge in [0.05, 0.1) is 93.3 Å². The lowest BCUT2D eigenvalue weighted by Gasteiger charge is -2.27. The van der Waals surface area contributed by atoms with E-state index in [0.717, 1.165) is 24.2 Å². The minimum Gasteiger partial charge on any atom is -0.382 e. The fourth-order valence-corrected chi connectivity index (χ4v) is 1.59. The maximum Gasteiger partial charge on any atom is 0.102 e. The quantitative estimate of drug-likeness (QED) is 0.253. The lowest BCUT2D eigenvalue weighted by Crippen LogP contribution is -2.42. The number of rotatable bonds is 19. The van der Waals surface area contributed by atoms with Crippen LogP contribution < -0.4 is 0 Å². The fourth-order valence-electron chi connectivity index (χ4n) is 1.59. The Morgan fingerprint density at radius 2 is 0.875 bits per heavy atom. The molecule has 0 saturated carbocycles. The molecule has 0 aliphatic rings. The van der Waals surface area contributed by atoms with Gasteiger partial charge in [-0.15, -0.1) is 0 Å². The van der Waals surface area contributed by atoms with Gasteiger partial charge >= 0.3 is 0 Å². The monoisotopic (exact) mass is 352 g/mol. The van der Waals surface area contributed by atoms with Crippen molar-refractivity contribution in [2.45, 2.75) is 6.92 Å². The van der Waals surface area contributed by atoms with Crippen LogP contribution in [-0.2, 0) is 28.4 Å². The van der Waals surface area contributed by atoms with Gasteiger partial charge in [0, 0.05) is 7.11 Å². The summed E-state index contributed by atoms with van der Waals surface area (Å²) in [6.45, 7) is 11.0. The van der Waals surface area contributed by atoms with Crippen molar-refractivity contribution < 1.29 is 32.9 Å². The number of methoxy groups -OCH3 is 1. The molecule has 0 atom stereocenters. The van der Waals surface area contributed by atoms with E-state index in [2.05, 4.69) is 21.0 Å². The van der Waals surface area contributed by atoms with Crippen LogP contribution in [0.4, 0.5) is 0 Å². The van der Waals surface area contributed by atoms with Gasteiger partial charge < -0.3 is 32.9 Å². The first-order valence-electron chi connectivity index (χ1n) is 8.82. The maximum absolute atomic E-state index is 5.56. The van der Waals surface area contributed by atoms with Crippen LogP contribution in [0.1, 0.15) is 6.92 Å². The SMILES string of the molecule is CC[N+](C)(C)CCOCCOCCOCCOCCOCCOC. The van der Waals surface area contributed by atoms with Crippen LogP contribution in [0.5, 0.6) is 0 Å². The molecule has 7 nitrogen and oxygen atoms in total. The average molecular weight is 352 g/mol. The highest BCUT2D eigenvalue weighted by atomic mass is 16.6. The topological polar surface area (TPSA) is 55.4 Å². The summed E-state index contributed by atoms with van der Waals surface area (Å²) < 4.78 is 32.9. The molecule has 0 N–H and O–H groups in total. The molecule has 0 heterocycles. The molecule has 24 heavy (non-hydrogen) atoms. The molecule has 0 aromatic rings. The fraction of sp³-hybridized carbons (Fsp3) is 1.00. The van der Waals surface area contributed by atoms with Gasteiger partial charge in [0.15, 0.2) is 0 Å². The predicted molar refractivity (Wildman–Crippen MR) is 93.5 cm³/mol. The first-order chi connectivity index (χ1) is 11.6. The Morgan fingerprint density at radius 3 is 1.21 bits per heavy atom. The van der Waals surface area contributed by atoms with Gasteiger partial charge in [-0.1, -0.05) is 0 Å². The largest absolute Gasteiger partial charge is 0.382 e. The molecule has 0 radical (unpaired) electrons. The third-order valence-corrected chi connectivity index (χ3v) is 3.62. The zero-order chi connectivity index (χ0) is 17.9. The Kier molecular flexibility index (Phi) is 17.3. The van der Waals surface area contributed by atoms with Crippen LogP contribution >= 0.6 is 0 Å². The van der Waals surface area contributed by atoms with Crippen LogP contribution in [0, 0.1) is 0 Å². The Labute approximate surface area is 147 Å². The molecule has 0 fully saturated rings. The van der Waals surface area contributed by atoms with E-state index in [1.54, 1.807) is 7.11 Å². The third kappa shape index (κ3) is 18.1. The number of hydrogen-bond donors (Lipinski definition) is 0. The van der Waals surface area contributed by atoms with Crippen molar-refractivity contribution >= 4 is 0 Å². The third-order valence-electron chi connectivity index (χ3n) is 3.62. The van der Waals surface area contributed by atoms with Gasteiger partial charge in [-0.2, -0.15) is 0 Å². The van der Waals surface area contributed by atoms with Crippen molar-refractivity contribution in [2.24, 2.45) is 0 Å². The van der Waals surface area contributed by atoms with Crippen molar-refractivity contribution in [2.75, 3.05) is 107 Å². The lowest BCUT2D eigenvalue weighted by molar-refractivity contribution is -0.888. The van der Waals surface area contributed by atoms with E-state index in [9.17, 15) is 0 Å². The summed E-state index contributed by atoms with van der Waals surface area (Å²) in [6, 6.07) is 0. The van der Waals surface area contributed by atoms with Crippen LogP contribution in [-0.4, -0.2) is 111 Å². The molecular formula is C17H38NO6+. The zero-order valence-corrected chi connectivity index (χ0v) is 16.1. The smallest absolute Gasteiger partial charge is 0.102 e. The van der Waals surface area contributed by atoms with Crippen molar-refractivity contribution in [3.8, 4) is 0 Å². The summed E-state index contributed by atoms with van der Waals surface area (Å²) in [6.07, 6.45) is 0. The standard InChI is InChI=1S/C17H38NO6/c1-5-18(2,3)6-7-20-10-11-22-14-15-24-17-16-23-13-12-21-9-8-19-4/h5-17H2,1-4H3/q+1. The molecule has 0 bridgehead atoms. The normalized spacial score (nSPS) is 12.0. The van der Waals surface area contributed by atoms with Gasteiger partial charge in [-0.25, -0.2) is 0 Å². The van der Waals surface area contributed by atoms with Gasteiger partial charge in [-0.3, -0.25) is 0 Å². The Balaban J connectivity index is 3.05. The van der Waals surface area contributed by atoms with E-state index in [4.69, 9.17) is 28.4 Å². The molecule has 0 aromatic heterocycles. The number of ether oxygens (including phenoxy) is 6. The molecular weight excluding hydrogens is 314 g/mol. The molecule has 0 saturated heterocycles. The van der Waals surface area contributed by atoms with Crippen LogP contribution in [0.2, 0.25) is 0 Å². The van der Waals surface area contributed by atoms with E-state index in [0.29, 0.717) is 66.1 Å². The highest BCUT2D eigenvalue weighted by Gasteiger charge is 2.10. The lowest BCUT2D eigenvalue weighted by atomic mass is 10.4. The number of hydrogen-bond acceptors (Lipinski definition) is 6. The van der Waals surface area contributed by atoms with E-state index < -0.39 is 0 Å². The Morgan fingerprint density at radius 1 is 0.542 bits per heavy atom. The number of likely N-dealkylation sites (N-methyl/N-ethyl adjacent to an activating group) is 1. The van der Waals surface area contributed by atoms with Crippen LogP contribution in [0.15, 0.2) is 0 Å². The maximum atomic E-state index is 5.56. The summed E-state index contributed by atoms with van der Waals surface area (Å²) >= 11 is 0. The summed E-state index contributed by atoms with van der Waals surface area (Å²) in [5.74, 6) is 0. The number of nitrogens with zero attached hydrogens (tertiary/aromatic N) is 1. The van der Waals surface area contributed by atoms with E-state index in [-0.39, 0.29) is 0 Å². The summed E-state index contributed by atoms with van der Waals surface area (Å²) in [5.41, 5.74) is 0. The molecule has 0 unspecified atom stereocenters. The van der Waals surface area contributed by atoms with Gasteiger partial charge in [0.2, 0.25) is 0 Å². The van der Waals surface area contributed by atoms with E-state index in [1.807, 2.05) is 0 Å². The second-order valence-corrected chi connectivity index (χ2v) is 6.03. The molecule has 0 spiro atoms. The minimum absolute atomic E-state index is 0.571. The predicted octanol–water partition coefficient (Wildman–Crippen LogP) is 0.812. The second-order valence-electron chi connectivity index (χ2n) is 6.03. The van der Waals surface area contributed by atoms with Crippen molar-refractivity contribution in [3.63, 3.8) is 0 Å². The molecule has 0 rings (SSSR count).